The van der Waals surface area contributed by atoms with Crippen LogP contribution in [0.3, 0.4) is 0 Å². The van der Waals surface area contributed by atoms with E-state index in [1.54, 1.807) is 11.3 Å². The van der Waals surface area contributed by atoms with Gasteiger partial charge in [-0.15, -0.1) is 11.3 Å². The van der Waals surface area contributed by atoms with Crippen LogP contribution in [0.25, 0.3) is 0 Å². The highest BCUT2D eigenvalue weighted by Crippen LogP contribution is 2.22. The topological polar surface area (TPSA) is 59.4 Å². The van der Waals surface area contributed by atoms with Crippen LogP contribution in [0.1, 0.15) is 15.9 Å². The summed E-state index contributed by atoms with van der Waals surface area (Å²) in [4.78, 5) is 14.5. The van der Waals surface area contributed by atoms with Crippen molar-refractivity contribution in [1.29, 1.82) is 0 Å². The van der Waals surface area contributed by atoms with E-state index in [0.29, 0.717) is 12.4 Å². The number of carboxylic acids is 1. The van der Waals surface area contributed by atoms with E-state index < -0.39 is 5.97 Å². The third-order valence-electron chi connectivity index (χ3n) is 1.99. The second-order valence-corrected chi connectivity index (χ2v) is 5.55. The van der Waals surface area contributed by atoms with Crippen molar-refractivity contribution in [2.75, 3.05) is 0 Å². The third kappa shape index (κ3) is 3.28. The van der Waals surface area contributed by atoms with Crippen molar-refractivity contribution in [2.24, 2.45) is 0 Å². The molecule has 6 heteroatoms. The van der Waals surface area contributed by atoms with Crippen molar-refractivity contribution in [3.63, 3.8) is 0 Å². The predicted molar refractivity (Wildman–Crippen MR) is 67.5 cm³/mol. The van der Waals surface area contributed by atoms with E-state index in [4.69, 9.17) is 9.84 Å². The van der Waals surface area contributed by atoms with Gasteiger partial charge in [0.25, 0.3) is 0 Å². The molecule has 0 amide bonds. The Kier molecular flexibility index (Phi) is 3.75. The number of aromatic nitrogens is 1. The fourth-order valence-electron chi connectivity index (χ4n) is 1.20. The SMILES string of the molecule is O=C(O)c1cncc(OCc2csc(Br)c2)c1. The molecular formula is C11H8BrNO3S. The Morgan fingerprint density at radius 3 is 2.94 bits per heavy atom. The minimum atomic E-state index is -1.01. The quantitative estimate of drug-likeness (QED) is 0.941. The number of thiophene rings is 1. The highest BCUT2D eigenvalue weighted by atomic mass is 79.9. The summed E-state index contributed by atoms with van der Waals surface area (Å²) >= 11 is 4.94. The van der Waals surface area contributed by atoms with Crippen LogP contribution in [0, 0.1) is 0 Å². The molecule has 2 aromatic rings. The Morgan fingerprint density at radius 1 is 1.47 bits per heavy atom. The molecule has 0 aliphatic rings. The lowest BCUT2D eigenvalue weighted by molar-refractivity contribution is 0.0696. The van der Waals surface area contributed by atoms with Gasteiger partial charge in [-0.25, -0.2) is 4.79 Å². The van der Waals surface area contributed by atoms with Gasteiger partial charge in [0, 0.05) is 11.8 Å². The van der Waals surface area contributed by atoms with E-state index in [1.807, 2.05) is 11.4 Å². The summed E-state index contributed by atoms with van der Waals surface area (Å²) in [5.74, 6) is -0.562. The number of nitrogens with zero attached hydrogens (tertiary/aromatic N) is 1. The number of pyridine rings is 1. The normalized spacial score (nSPS) is 10.2. The maximum Gasteiger partial charge on any atom is 0.337 e. The molecule has 0 unspecified atom stereocenters. The molecule has 88 valence electrons. The second kappa shape index (κ2) is 5.29. The van der Waals surface area contributed by atoms with Gasteiger partial charge < -0.3 is 9.84 Å². The zero-order chi connectivity index (χ0) is 12.3. The summed E-state index contributed by atoms with van der Waals surface area (Å²) in [6.45, 7) is 0.396. The zero-order valence-corrected chi connectivity index (χ0v) is 11.0. The monoisotopic (exact) mass is 313 g/mol. The Labute approximate surface area is 110 Å². The first kappa shape index (κ1) is 12.1. The van der Waals surface area contributed by atoms with Crippen LogP contribution in [0.15, 0.2) is 33.7 Å². The van der Waals surface area contributed by atoms with Crippen molar-refractivity contribution < 1.29 is 14.6 Å². The van der Waals surface area contributed by atoms with Gasteiger partial charge >= 0.3 is 5.97 Å². The van der Waals surface area contributed by atoms with Crippen LogP contribution >= 0.6 is 27.3 Å². The van der Waals surface area contributed by atoms with Crippen LogP contribution in [0.4, 0.5) is 0 Å². The lowest BCUT2D eigenvalue weighted by Gasteiger charge is -2.04. The standard InChI is InChI=1S/C11H8BrNO3S/c12-10-1-7(6-17-10)5-16-9-2-8(11(14)15)3-13-4-9/h1-4,6H,5H2,(H,14,15). The van der Waals surface area contributed by atoms with E-state index in [1.165, 1.54) is 18.5 Å². The van der Waals surface area contributed by atoms with E-state index in [-0.39, 0.29) is 5.56 Å². The van der Waals surface area contributed by atoms with E-state index in [0.717, 1.165) is 9.35 Å². The minimum Gasteiger partial charge on any atom is -0.487 e. The Balaban J connectivity index is 2.04. The molecule has 0 spiro atoms. The molecule has 2 rings (SSSR count). The molecule has 0 fully saturated rings. The molecule has 0 bridgehead atoms. The van der Waals surface area contributed by atoms with Crippen LogP contribution in [-0.2, 0) is 6.61 Å². The average Bonchev–Trinajstić information content (AvgIpc) is 2.73. The van der Waals surface area contributed by atoms with Crippen LogP contribution in [0.2, 0.25) is 0 Å². The van der Waals surface area contributed by atoms with Gasteiger partial charge in [0.05, 0.1) is 15.5 Å². The van der Waals surface area contributed by atoms with Crippen LogP contribution in [-0.4, -0.2) is 16.1 Å². The summed E-state index contributed by atoms with van der Waals surface area (Å²) in [7, 11) is 0. The van der Waals surface area contributed by atoms with Crippen LogP contribution < -0.4 is 4.74 Å². The average molecular weight is 314 g/mol. The molecule has 1 N–H and O–H groups in total. The fourth-order valence-corrected chi connectivity index (χ4v) is 2.40. The van der Waals surface area contributed by atoms with Gasteiger partial charge in [-0.05, 0) is 33.4 Å². The minimum absolute atomic E-state index is 0.119. The molecule has 0 saturated heterocycles. The van der Waals surface area contributed by atoms with Gasteiger partial charge in [-0.2, -0.15) is 0 Å². The summed E-state index contributed by atoms with van der Waals surface area (Å²) in [5.41, 5.74) is 1.15. The van der Waals surface area contributed by atoms with E-state index in [2.05, 4.69) is 20.9 Å². The number of carboxylic acid groups (broad SMARTS) is 1. The van der Waals surface area contributed by atoms with Gasteiger partial charge in [-0.1, -0.05) is 0 Å². The number of aromatic carboxylic acids is 1. The van der Waals surface area contributed by atoms with Gasteiger partial charge in [0.2, 0.25) is 0 Å². The largest absolute Gasteiger partial charge is 0.487 e. The Morgan fingerprint density at radius 2 is 2.29 bits per heavy atom. The second-order valence-electron chi connectivity index (χ2n) is 3.26. The van der Waals surface area contributed by atoms with Crippen molar-refractivity contribution in [2.45, 2.75) is 6.61 Å². The van der Waals surface area contributed by atoms with E-state index in [9.17, 15) is 4.79 Å². The van der Waals surface area contributed by atoms with Crippen LogP contribution in [0.5, 0.6) is 5.75 Å². The molecule has 0 atom stereocenters. The number of rotatable bonds is 4. The highest BCUT2D eigenvalue weighted by molar-refractivity contribution is 9.11. The van der Waals surface area contributed by atoms with Crippen molar-refractivity contribution in [1.82, 2.24) is 4.98 Å². The third-order valence-corrected chi connectivity index (χ3v) is 3.54. The number of ether oxygens (including phenoxy) is 1. The van der Waals surface area contributed by atoms with Gasteiger partial charge in [0.1, 0.15) is 12.4 Å². The molecule has 2 heterocycles. The summed E-state index contributed by atoms with van der Waals surface area (Å²) < 4.78 is 6.49. The predicted octanol–water partition coefficient (Wildman–Crippen LogP) is 3.18. The lowest BCUT2D eigenvalue weighted by Crippen LogP contribution is -1.99. The molecule has 4 nitrogen and oxygen atoms in total. The van der Waals surface area contributed by atoms with Crippen molar-refractivity contribution in [3.05, 3.63) is 44.8 Å². The first-order chi connectivity index (χ1) is 8.15. The summed E-state index contributed by atoms with van der Waals surface area (Å²) in [6.07, 6.45) is 2.78. The maximum absolute atomic E-state index is 10.7. The first-order valence-corrected chi connectivity index (χ1v) is 6.36. The molecular weight excluding hydrogens is 306 g/mol. The summed E-state index contributed by atoms with van der Waals surface area (Å²) in [6, 6.07) is 3.41. The fraction of sp³-hybridized carbons (Fsp3) is 0.0909. The molecule has 0 saturated carbocycles. The maximum atomic E-state index is 10.7. The molecule has 0 radical (unpaired) electrons. The highest BCUT2D eigenvalue weighted by Gasteiger charge is 2.05. The Hall–Kier alpha value is -1.40. The zero-order valence-electron chi connectivity index (χ0n) is 8.59. The lowest BCUT2D eigenvalue weighted by atomic mass is 10.3. The number of halogens is 1. The van der Waals surface area contributed by atoms with E-state index >= 15 is 0 Å². The van der Waals surface area contributed by atoms with Gasteiger partial charge in [0.15, 0.2) is 0 Å². The molecule has 17 heavy (non-hydrogen) atoms. The van der Waals surface area contributed by atoms with Crippen molar-refractivity contribution >= 4 is 33.2 Å². The smallest absolute Gasteiger partial charge is 0.337 e. The number of hydrogen-bond donors (Lipinski definition) is 1. The number of hydrogen-bond acceptors (Lipinski definition) is 4. The first-order valence-electron chi connectivity index (χ1n) is 4.69. The van der Waals surface area contributed by atoms with Crippen molar-refractivity contribution in [3.8, 4) is 5.75 Å². The molecule has 0 aromatic carbocycles. The summed E-state index contributed by atoms with van der Waals surface area (Å²) in [5, 5.41) is 10.8. The van der Waals surface area contributed by atoms with Gasteiger partial charge in [-0.3, -0.25) is 4.98 Å². The number of carbonyl (C=O) groups is 1. The molecule has 0 aliphatic carbocycles. The molecule has 2 aromatic heterocycles. The molecule has 0 aliphatic heterocycles. The Bertz CT molecular complexity index is 541.